The molecule has 1 unspecified atom stereocenters. The van der Waals surface area contributed by atoms with E-state index in [-0.39, 0.29) is 6.04 Å². The Labute approximate surface area is 113 Å². The Hall–Kier alpha value is -1.03. The van der Waals surface area contributed by atoms with Crippen LogP contribution in [-0.2, 0) is 6.18 Å². The van der Waals surface area contributed by atoms with Gasteiger partial charge < -0.3 is 5.32 Å². The normalized spacial score (nSPS) is 13.6. The summed E-state index contributed by atoms with van der Waals surface area (Å²) >= 11 is 0. The Morgan fingerprint density at radius 2 is 1.89 bits per heavy atom. The van der Waals surface area contributed by atoms with Gasteiger partial charge in [-0.2, -0.15) is 13.2 Å². The number of hydrogen-bond donors (Lipinski definition) is 1. The van der Waals surface area contributed by atoms with Gasteiger partial charge in [-0.3, -0.25) is 0 Å². The maximum atomic E-state index is 12.6. The van der Waals surface area contributed by atoms with Gasteiger partial charge in [0.1, 0.15) is 0 Å². The van der Waals surface area contributed by atoms with Gasteiger partial charge in [-0.25, -0.2) is 0 Å². The van der Waals surface area contributed by atoms with Crippen molar-refractivity contribution in [3.8, 4) is 0 Å². The molecule has 1 aromatic rings. The fourth-order valence-electron chi connectivity index (χ4n) is 2.30. The van der Waals surface area contributed by atoms with E-state index in [4.69, 9.17) is 0 Å². The number of aryl methyl sites for hydroxylation is 1. The van der Waals surface area contributed by atoms with Gasteiger partial charge in [-0.1, -0.05) is 32.3 Å². The Balaban J connectivity index is 2.87. The first-order valence-electron chi connectivity index (χ1n) is 6.75. The minimum absolute atomic E-state index is 0.133. The van der Waals surface area contributed by atoms with E-state index in [1.807, 2.05) is 7.05 Å². The van der Waals surface area contributed by atoms with Gasteiger partial charge in [-0.05, 0) is 43.7 Å². The zero-order valence-electron chi connectivity index (χ0n) is 11.8. The van der Waals surface area contributed by atoms with E-state index >= 15 is 0 Å². The van der Waals surface area contributed by atoms with E-state index in [9.17, 15) is 13.2 Å². The van der Waals surface area contributed by atoms with Gasteiger partial charge >= 0.3 is 6.18 Å². The lowest BCUT2D eigenvalue weighted by Crippen LogP contribution is -2.18. The molecule has 0 spiro atoms. The second kappa shape index (κ2) is 6.94. The third-order valence-corrected chi connectivity index (χ3v) is 3.42. The maximum Gasteiger partial charge on any atom is 0.416 e. The molecule has 0 aliphatic carbocycles. The molecule has 1 N–H and O–H groups in total. The van der Waals surface area contributed by atoms with Gasteiger partial charge in [0.05, 0.1) is 5.56 Å². The van der Waals surface area contributed by atoms with Crippen LogP contribution < -0.4 is 5.32 Å². The molecule has 0 heterocycles. The van der Waals surface area contributed by atoms with Gasteiger partial charge in [0.15, 0.2) is 0 Å². The van der Waals surface area contributed by atoms with Crippen molar-refractivity contribution < 1.29 is 13.2 Å². The van der Waals surface area contributed by atoms with Gasteiger partial charge in [0, 0.05) is 6.04 Å². The lowest BCUT2D eigenvalue weighted by atomic mass is 9.95. The van der Waals surface area contributed by atoms with E-state index in [1.165, 1.54) is 12.1 Å². The van der Waals surface area contributed by atoms with Crippen molar-refractivity contribution in [2.24, 2.45) is 0 Å². The van der Waals surface area contributed by atoms with Crippen molar-refractivity contribution in [2.75, 3.05) is 7.05 Å². The second-order valence-corrected chi connectivity index (χ2v) is 4.91. The molecule has 0 aliphatic heterocycles. The van der Waals surface area contributed by atoms with E-state index in [1.54, 1.807) is 13.0 Å². The number of alkyl halides is 3. The second-order valence-electron chi connectivity index (χ2n) is 4.91. The maximum absolute atomic E-state index is 12.6. The van der Waals surface area contributed by atoms with Crippen molar-refractivity contribution in [3.63, 3.8) is 0 Å². The first kappa shape index (κ1) is 16.0. The van der Waals surface area contributed by atoms with Crippen LogP contribution in [0.25, 0.3) is 0 Å². The molecule has 4 heteroatoms. The monoisotopic (exact) mass is 273 g/mol. The summed E-state index contributed by atoms with van der Waals surface area (Å²) in [7, 11) is 1.85. The molecule has 108 valence electrons. The van der Waals surface area contributed by atoms with Crippen LogP contribution in [0.15, 0.2) is 18.2 Å². The van der Waals surface area contributed by atoms with Crippen molar-refractivity contribution in [1.29, 1.82) is 0 Å². The molecule has 0 aromatic heterocycles. The van der Waals surface area contributed by atoms with Crippen LogP contribution in [-0.4, -0.2) is 7.05 Å². The third kappa shape index (κ3) is 4.53. The highest BCUT2D eigenvalue weighted by Gasteiger charge is 2.30. The first-order valence-corrected chi connectivity index (χ1v) is 6.75. The fraction of sp³-hybridized carbons (Fsp3) is 0.600. The molecule has 0 radical (unpaired) electrons. The number of nitrogens with one attached hydrogen (secondary N) is 1. The number of benzene rings is 1. The molecule has 0 fully saturated rings. The van der Waals surface area contributed by atoms with Crippen molar-refractivity contribution >= 4 is 0 Å². The number of rotatable bonds is 6. The van der Waals surface area contributed by atoms with Gasteiger partial charge in [0.2, 0.25) is 0 Å². The molecule has 1 nitrogen and oxygen atoms in total. The molecule has 1 rings (SSSR count). The molecule has 0 aliphatic rings. The van der Waals surface area contributed by atoms with Crippen LogP contribution in [0.2, 0.25) is 0 Å². The van der Waals surface area contributed by atoms with Gasteiger partial charge in [0.25, 0.3) is 0 Å². The van der Waals surface area contributed by atoms with Crippen LogP contribution in [0.5, 0.6) is 0 Å². The molecular weight excluding hydrogens is 251 g/mol. The van der Waals surface area contributed by atoms with Crippen molar-refractivity contribution in [2.45, 2.75) is 51.7 Å². The Morgan fingerprint density at radius 3 is 2.37 bits per heavy atom. The Bertz CT molecular complexity index is 399. The minimum atomic E-state index is -4.26. The summed E-state index contributed by atoms with van der Waals surface area (Å²) in [6, 6.07) is 4.14. The van der Waals surface area contributed by atoms with E-state index in [2.05, 4.69) is 12.2 Å². The summed E-state index contributed by atoms with van der Waals surface area (Å²) in [5, 5.41) is 3.20. The zero-order valence-corrected chi connectivity index (χ0v) is 11.8. The molecule has 0 bridgehead atoms. The van der Waals surface area contributed by atoms with Crippen molar-refractivity contribution in [1.82, 2.24) is 5.32 Å². The molecule has 1 aromatic carbocycles. The number of hydrogen-bond acceptors (Lipinski definition) is 1. The highest BCUT2D eigenvalue weighted by atomic mass is 19.4. The quantitative estimate of drug-likeness (QED) is 0.730. The molecule has 0 saturated heterocycles. The Morgan fingerprint density at radius 1 is 1.21 bits per heavy atom. The third-order valence-electron chi connectivity index (χ3n) is 3.42. The zero-order chi connectivity index (χ0) is 14.5. The summed E-state index contributed by atoms with van der Waals surface area (Å²) in [6.45, 7) is 3.88. The summed E-state index contributed by atoms with van der Waals surface area (Å²) in [5.74, 6) is 0. The van der Waals surface area contributed by atoms with Crippen LogP contribution in [0.3, 0.4) is 0 Å². The van der Waals surface area contributed by atoms with E-state index in [0.717, 1.165) is 31.2 Å². The average Bonchev–Trinajstić information content (AvgIpc) is 2.34. The largest absolute Gasteiger partial charge is 0.416 e. The molecule has 0 saturated carbocycles. The van der Waals surface area contributed by atoms with Gasteiger partial charge in [-0.15, -0.1) is 0 Å². The first-order chi connectivity index (χ1) is 8.90. The van der Waals surface area contributed by atoms with E-state index < -0.39 is 11.7 Å². The molecule has 0 amide bonds. The van der Waals surface area contributed by atoms with Crippen molar-refractivity contribution in [3.05, 3.63) is 34.9 Å². The molecule has 19 heavy (non-hydrogen) atoms. The topological polar surface area (TPSA) is 12.0 Å². The standard InChI is InChI=1S/C15H22F3N/c1-4-5-6-7-14(19-3)13-9-8-12(10-11(13)2)15(16,17)18/h8-10,14,19H,4-7H2,1-3H3. The lowest BCUT2D eigenvalue weighted by molar-refractivity contribution is -0.137. The SMILES string of the molecule is CCCCCC(NC)c1ccc(C(F)(F)F)cc1C. The highest BCUT2D eigenvalue weighted by molar-refractivity contribution is 5.34. The van der Waals surface area contributed by atoms with Crippen LogP contribution in [0.4, 0.5) is 13.2 Å². The van der Waals surface area contributed by atoms with Crippen LogP contribution >= 0.6 is 0 Å². The summed E-state index contributed by atoms with van der Waals surface area (Å²) < 4.78 is 37.8. The van der Waals surface area contributed by atoms with Crippen LogP contribution in [0.1, 0.15) is 55.3 Å². The van der Waals surface area contributed by atoms with Crippen LogP contribution in [0, 0.1) is 6.92 Å². The fourth-order valence-corrected chi connectivity index (χ4v) is 2.30. The highest BCUT2D eigenvalue weighted by Crippen LogP contribution is 2.32. The summed E-state index contributed by atoms with van der Waals surface area (Å²) in [4.78, 5) is 0. The Kier molecular flexibility index (Phi) is 5.85. The molecule has 1 atom stereocenters. The average molecular weight is 273 g/mol. The summed E-state index contributed by atoms with van der Waals surface area (Å²) in [5.41, 5.74) is 1.09. The minimum Gasteiger partial charge on any atom is -0.313 e. The lowest BCUT2D eigenvalue weighted by Gasteiger charge is -2.20. The number of unbranched alkanes of at least 4 members (excludes halogenated alkanes) is 2. The van der Waals surface area contributed by atoms with E-state index in [0.29, 0.717) is 5.56 Å². The molecular formula is C15H22F3N. The predicted octanol–water partition coefficient (Wildman–Crippen LogP) is 4.85. The summed E-state index contributed by atoms with van der Waals surface area (Å²) in [6.07, 6.45) is 0.0694. The predicted molar refractivity (Wildman–Crippen MR) is 72.1 cm³/mol. The smallest absolute Gasteiger partial charge is 0.313 e. The number of halogens is 3.